The number of carboxylic acids is 1. The van der Waals surface area contributed by atoms with Gasteiger partial charge in [-0.25, -0.2) is 9.48 Å². The predicted molar refractivity (Wildman–Crippen MR) is 66.0 cm³/mol. The van der Waals surface area contributed by atoms with E-state index in [2.05, 4.69) is 5.10 Å². The van der Waals surface area contributed by atoms with Crippen molar-refractivity contribution in [1.29, 1.82) is 0 Å². The normalized spacial score (nSPS) is 10.6. The first-order chi connectivity index (χ1) is 8.63. The number of methoxy groups -OCH3 is 1. The molecule has 18 heavy (non-hydrogen) atoms. The summed E-state index contributed by atoms with van der Waals surface area (Å²) in [6.07, 6.45) is 1.71. The van der Waals surface area contributed by atoms with Crippen LogP contribution in [-0.4, -0.2) is 28.0 Å². The van der Waals surface area contributed by atoms with E-state index in [1.165, 1.54) is 0 Å². The number of para-hydroxylation sites is 1. The number of ether oxygens (including phenoxy) is 1. The van der Waals surface area contributed by atoms with Gasteiger partial charge in [0.1, 0.15) is 0 Å². The van der Waals surface area contributed by atoms with E-state index in [0.717, 1.165) is 11.3 Å². The molecule has 0 aliphatic heterocycles. The number of carbonyl (C=O) groups is 1. The highest BCUT2D eigenvalue weighted by Gasteiger charge is 2.14. The van der Waals surface area contributed by atoms with Crippen molar-refractivity contribution in [3.05, 3.63) is 47.3 Å². The molecular weight excluding hydrogens is 232 g/mol. The zero-order chi connectivity index (χ0) is 13.1. The van der Waals surface area contributed by atoms with Crippen LogP contribution in [-0.2, 0) is 11.3 Å². The summed E-state index contributed by atoms with van der Waals surface area (Å²) in [5.74, 6) is -1.02. The first kappa shape index (κ1) is 12.3. The number of aromatic carboxylic acids is 1. The Hall–Kier alpha value is -2.14. The molecule has 0 amide bonds. The zero-order valence-corrected chi connectivity index (χ0v) is 10.3. The molecule has 2 rings (SSSR count). The van der Waals surface area contributed by atoms with Crippen LogP contribution in [0.25, 0.3) is 5.69 Å². The summed E-state index contributed by atoms with van der Waals surface area (Å²) >= 11 is 0. The van der Waals surface area contributed by atoms with Gasteiger partial charge < -0.3 is 9.84 Å². The van der Waals surface area contributed by atoms with E-state index in [9.17, 15) is 4.79 Å². The molecule has 0 aliphatic carbocycles. The lowest BCUT2D eigenvalue weighted by molar-refractivity contribution is 0.0689. The number of nitrogens with zero attached hydrogens (tertiary/aromatic N) is 2. The Bertz CT molecular complexity index is 575. The number of hydrogen-bond donors (Lipinski definition) is 1. The number of aromatic nitrogens is 2. The van der Waals surface area contributed by atoms with Crippen molar-refractivity contribution in [2.75, 3.05) is 7.11 Å². The first-order valence-electron chi connectivity index (χ1n) is 5.50. The molecule has 0 radical (unpaired) electrons. The van der Waals surface area contributed by atoms with Gasteiger partial charge in [-0.1, -0.05) is 18.2 Å². The summed E-state index contributed by atoms with van der Waals surface area (Å²) in [6, 6.07) is 7.60. The lowest BCUT2D eigenvalue weighted by Crippen LogP contribution is -2.04. The lowest BCUT2D eigenvalue weighted by atomic mass is 10.2. The first-order valence-corrected chi connectivity index (χ1v) is 5.50. The van der Waals surface area contributed by atoms with E-state index in [4.69, 9.17) is 9.84 Å². The van der Waals surface area contributed by atoms with Crippen LogP contribution < -0.4 is 0 Å². The number of rotatable bonds is 4. The van der Waals surface area contributed by atoms with Gasteiger partial charge in [0, 0.05) is 24.4 Å². The van der Waals surface area contributed by atoms with Gasteiger partial charge in [0.05, 0.1) is 12.3 Å². The fraction of sp³-hybridized carbons (Fsp3) is 0.231. The third-order valence-corrected chi connectivity index (χ3v) is 2.64. The number of carboxylic acid groups (broad SMARTS) is 1. The summed E-state index contributed by atoms with van der Waals surface area (Å²) in [5.41, 5.74) is 2.49. The van der Waals surface area contributed by atoms with Crippen LogP contribution in [0.15, 0.2) is 30.5 Å². The Kier molecular flexibility index (Phi) is 3.43. The van der Waals surface area contributed by atoms with Gasteiger partial charge in [0.15, 0.2) is 5.69 Å². The van der Waals surface area contributed by atoms with Gasteiger partial charge in [0.25, 0.3) is 0 Å². The van der Waals surface area contributed by atoms with Crippen LogP contribution >= 0.6 is 0 Å². The molecule has 2 aromatic rings. The maximum absolute atomic E-state index is 11.0. The van der Waals surface area contributed by atoms with Crippen LogP contribution in [0.3, 0.4) is 0 Å². The molecule has 5 heteroatoms. The fourth-order valence-corrected chi connectivity index (χ4v) is 1.81. The third kappa shape index (κ3) is 2.26. The quantitative estimate of drug-likeness (QED) is 0.896. The molecule has 1 aromatic heterocycles. The molecule has 0 saturated carbocycles. The molecule has 1 heterocycles. The van der Waals surface area contributed by atoms with Crippen molar-refractivity contribution in [2.24, 2.45) is 0 Å². The summed E-state index contributed by atoms with van der Waals surface area (Å²) in [4.78, 5) is 11.0. The second-order valence-electron chi connectivity index (χ2n) is 3.97. The SMILES string of the molecule is COCc1ccccc1-n1cc(C)c(C(=O)O)n1. The lowest BCUT2D eigenvalue weighted by Gasteiger charge is -2.08. The molecular formula is C13H14N2O3. The third-order valence-electron chi connectivity index (χ3n) is 2.64. The second kappa shape index (κ2) is 5.01. The van der Waals surface area contributed by atoms with Crippen LogP contribution in [0.2, 0.25) is 0 Å². The van der Waals surface area contributed by atoms with Gasteiger partial charge in [-0.15, -0.1) is 0 Å². The molecule has 0 fully saturated rings. The Morgan fingerprint density at radius 3 is 2.78 bits per heavy atom. The van der Waals surface area contributed by atoms with Crippen LogP contribution in [0.5, 0.6) is 0 Å². The van der Waals surface area contributed by atoms with Gasteiger partial charge >= 0.3 is 5.97 Å². The molecule has 1 N–H and O–H groups in total. The topological polar surface area (TPSA) is 64.3 Å². The van der Waals surface area contributed by atoms with Gasteiger partial charge in [-0.05, 0) is 13.0 Å². The molecule has 94 valence electrons. The number of aryl methyl sites for hydroxylation is 1. The summed E-state index contributed by atoms with van der Waals surface area (Å²) < 4.78 is 6.69. The summed E-state index contributed by atoms with van der Waals surface area (Å²) in [6.45, 7) is 2.18. The van der Waals surface area contributed by atoms with Crippen LogP contribution in [0.1, 0.15) is 21.6 Å². The highest BCUT2D eigenvalue weighted by atomic mass is 16.5. The Balaban J connectivity index is 2.48. The molecule has 0 saturated heterocycles. The summed E-state index contributed by atoms with van der Waals surface area (Å²) in [5, 5.41) is 13.1. The molecule has 0 unspecified atom stereocenters. The number of hydrogen-bond acceptors (Lipinski definition) is 3. The van der Waals surface area contributed by atoms with Gasteiger partial charge in [-0.3, -0.25) is 0 Å². The Morgan fingerprint density at radius 2 is 2.17 bits per heavy atom. The molecule has 0 bridgehead atoms. The maximum atomic E-state index is 11.0. The van der Waals surface area contributed by atoms with Crippen molar-refractivity contribution < 1.29 is 14.6 Å². The van der Waals surface area contributed by atoms with E-state index < -0.39 is 5.97 Å². The van der Waals surface area contributed by atoms with Crippen molar-refractivity contribution in [3.63, 3.8) is 0 Å². The zero-order valence-electron chi connectivity index (χ0n) is 10.3. The van der Waals surface area contributed by atoms with Crippen molar-refractivity contribution in [2.45, 2.75) is 13.5 Å². The average molecular weight is 246 g/mol. The van der Waals surface area contributed by atoms with E-state index in [0.29, 0.717) is 12.2 Å². The standard InChI is InChI=1S/C13H14N2O3/c1-9-7-15(14-12(9)13(16)17)11-6-4-3-5-10(11)8-18-2/h3-7H,8H2,1-2H3,(H,16,17). The molecule has 0 atom stereocenters. The van der Waals surface area contributed by atoms with E-state index in [-0.39, 0.29) is 5.69 Å². The maximum Gasteiger partial charge on any atom is 0.356 e. The Labute approximate surface area is 105 Å². The highest BCUT2D eigenvalue weighted by Crippen LogP contribution is 2.17. The highest BCUT2D eigenvalue weighted by molar-refractivity contribution is 5.86. The van der Waals surface area contributed by atoms with Gasteiger partial charge in [0.2, 0.25) is 0 Å². The summed E-state index contributed by atoms with van der Waals surface area (Å²) in [7, 11) is 1.62. The predicted octanol–water partition coefficient (Wildman–Crippen LogP) is 2.03. The molecule has 0 aliphatic rings. The molecule has 0 spiro atoms. The van der Waals surface area contributed by atoms with Crippen LogP contribution in [0, 0.1) is 6.92 Å². The smallest absolute Gasteiger partial charge is 0.356 e. The van der Waals surface area contributed by atoms with Crippen LogP contribution in [0.4, 0.5) is 0 Å². The second-order valence-corrected chi connectivity index (χ2v) is 3.97. The minimum Gasteiger partial charge on any atom is -0.476 e. The Morgan fingerprint density at radius 1 is 1.44 bits per heavy atom. The van der Waals surface area contributed by atoms with Crippen molar-refractivity contribution >= 4 is 5.97 Å². The minimum atomic E-state index is -1.02. The monoisotopic (exact) mass is 246 g/mol. The van der Waals surface area contributed by atoms with Crippen molar-refractivity contribution in [1.82, 2.24) is 9.78 Å². The fourth-order valence-electron chi connectivity index (χ4n) is 1.81. The van der Waals surface area contributed by atoms with E-state index in [1.54, 1.807) is 24.9 Å². The number of benzene rings is 1. The van der Waals surface area contributed by atoms with E-state index in [1.807, 2.05) is 24.3 Å². The average Bonchev–Trinajstić information content (AvgIpc) is 2.72. The van der Waals surface area contributed by atoms with Gasteiger partial charge in [-0.2, -0.15) is 5.10 Å². The van der Waals surface area contributed by atoms with Crippen molar-refractivity contribution in [3.8, 4) is 5.69 Å². The largest absolute Gasteiger partial charge is 0.476 e. The molecule has 1 aromatic carbocycles. The van der Waals surface area contributed by atoms with E-state index >= 15 is 0 Å². The minimum absolute atomic E-state index is 0.0715. The molecule has 5 nitrogen and oxygen atoms in total.